The Morgan fingerprint density at radius 1 is 1.25 bits per heavy atom. The Kier molecular flexibility index (Phi) is 5.46. The topological polar surface area (TPSA) is 71.4 Å². The monoisotopic (exact) mass is 250 g/mol. The number of rotatable bonds is 6. The molecule has 0 aromatic rings. The second-order valence-corrected chi connectivity index (χ2v) is 7.50. The molecule has 0 radical (unpaired) electrons. The lowest BCUT2D eigenvalue weighted by Gasteiger charge is -2.26. The maximum atomic E-state index is 11.5. The van der Waals surface area contributed by atoms with E-state index >= 15 is 0 Å². The second-order valence-electron chi connectivity index (χ2n) is 5.20. The fourth-order valence-corrected chi connectivity index (χ4v) is 3.06. The average Bonchev–Trinajstić information content (AvgIpc) is 1.99. The molecule has 1 atom stereocenters. The SMILES string of the molecule is CCCS(=O)(=O)CCC(C(=O)O)C(C)(C)C. The van der Waals surface area contributed by atoms with Crippen LogP contribution in [0.5, 0.6) is 0 Å². The first kappa shape index (κ1) is 15.4. The smallest absolute Gasteiger partial charge is 0.307 e. The minimum Gasteiger partial charge on any atom is -0.481 e. The number of carboxylic acid groups (broad SMARTS) is 1. The third-order valence-electron chi connectivity index (χ3n) is 2.58. The quantitative estimate of drug-likeness (QED) is 0.782. The van der Waals surface area contributed by atoms with E-state index in [2.05, 4.69) is 0 Å². The van der Waals surface area contributed by atoms with E-state index in [9.17, 15) is 13.2 Å². The zero-order valence-electron chi connectivity index (χ0n) is 10.5. The fraction of sp³-hybridized carbons (Fsp3) is 0.909. The molecule has 0 heterocycles. The molecule has 0 aromatic carbocycles. The van der Waals surface area contributed by atoms with Gasteiger partial charge in [-0.15, -0.1) is 0 Å². The molecule has 0 amide bonds. The summed E-state index contributed by atoms with van der Waals surface area (Å²) < 4.78 is 23.0. The van der Waals surface area contributed by atoms with Gasteiger partial charge in [-0.25, -0.2) is 8.42 Å². The summed E-state index contributed by atoms with van der Waals surface area (Å²) in [4.78, 5) is 11.0. The maximum absolute atomic E-state index is 11.5. The number of sulfone groups is 1. The molecule has 0 bridgehead atoms. The number of carbonyl (C=O) groups is 1. The van der Waals surface area contributed by atoms with Gasteiger partial charge in [-0.05, 0) is 18.3 Å². The van der Waals surface area contributed by atoms with Crippen LogP contribution < -0.4 is 0 Å². The molecule has 0 saturated heterocycles. The van der Waals surface area contributed by atoms with Crippen LogP contribution in [0.4, 0.5) is 0 Å². The van der Waals surface area contributed by atoms with Gasteiger partial charge in [0.1, 0.15) is 9.84 Å². The summed E-state index contributed by atoms with van der Waals surface area (Å²) in [6.45, 7) is 7.25. The summed E-state index contributed by atoms with van der Waals surface area (Å²) in [5, 5.41) is 9.04. The predicted octanol–water partition coefficient (Wildman–Crippen LogP) is 1.95. The second kappa shape index (κ2) is 5.66. The van der Waals surface area contributed by atoms with Crippen molar-refractivity contribution >= 4 is 15.8 Å². The van der Waals surface area contributed by atoms with Crippen molar-refractivity contribution in [3.05, 3.63) is 0 Å². The molecule has 0 spiro atoms. The zero-order chi connectivity index (χ0) is 13.0. The van der Waals surface area contributed by atoms with E-state index in [1.54, 1.807) is 6.92 Å². The van der Waals surface area contributed by atoms with Crippen molar-refractivity contribution in [3.63, 3.8) is 0 Å². The van der Waals surface area contributed by atoms with Crippen molar-refractivity contribution in [1.82, 2.24) is 0 Å². The van der Waals surface area contributed by atoms with Crippen LogP contribution in [0, 0.1) is 11.3 Å². The molecule has 1 unspecified atom stereocenters. The van der Waals surface area contributed by atoms with Crippen LogP contribution in [0.25, 0.3) is 0 Å². The molecule has 0 aliphatic heterocycles. The van der Waals surface area contributed by atoms with Crippen LogP contribution in [-0.2, 0) is 14.6 Å². The molecule has 0 fully saturated rings. The minimum atomic E-state index is -3.08. The van der Waals surface area contributed by atoms with E-state index in [-0.39, 0.29) is 17.9 Å². The molecule has 5 heteroatoms. The van der Waals surface area contributed by atoms with Gasteiger partial charge in [0, 0.05) is 5.75 Å². The molecule has 4 nitrogen and oxygen atoms in total. The highest BCUT2D eigenvalue weighted by Gasteiger charge is 2.31. The summed E-state index contributed by atoms with van der Waals surface area (Å²) in [6.07, 6.45) is 0.775. The highest BCUT2D eigenvalue weighted by Crippen LogP contribution is 2.29. The lowest BCUT2D eigenvalue weighted by atomic mass is 9.79. The fourth-order valence-electron chi connectivity index (χ4n) is 1.64. The van der Waals surface area contributed by atoms with E-state index < -0.39 is 27.1 Å². The van der Waals surface area contributed by atoms with Gasteiger partial charge >= 0.3 is 5.97 Å². The highest BCUT2D eigenvalue weighted by atomic mass is 32.2. The van der Waals surface area contributed by atoms with Gasteiger partial charge in [-0.3, -0.25) is 4.79 Å². The largest absolute Gasteiger partial charge is 0.481 e. The molecule has 1 N–H and O–H groups in total. The van der Waals surface area contributed by atoms with Crippen molar-refractivity contribution in [1.29, 1.82) is 0 Å². The van der Waals surface area contributed by atoms with Gasteiger partial charge in [0.05, 0.1) is 11.7 Å². The summed E-state index contributed by atoms with van der Waals surface area (Å²) in [5.74, 6) is -1.42. The molecule has 16 heavy (non-hydrogen) atoms. The van der Waals surface area contributed by atoms with Crippen LogP contribution in [0.3, 0.4) is 0 Å². The number of aliphatic carboxylic acids is 1. The highest BCUT2D eigenvalue weighted by molar-refractivity contribution is 7.91. The first-order valence-corrected chi connectivity index (χ1v) is 7.35. The van der Waals surface area contributed by atoms with E-state index in [1.165, 1.54) is 0 Å². The summed E-state index contributed by atoms with van der Waals surface area (Å²) >= 11 is 0. The summed E-state index contributed by atoms with van der Waals surface area (Å²) in [7, 11) is -3.08. The lowest BCUT2D eigenvalue weighted by molar-refractivity contribution is -0.145. The van der Waals surface area contributed by atoms with Crippen molar-refractivity contribution in [3.8, 4) is 0 Å². The van der Waals surface area contributed by atoms with Gasteiger partial charge < -0.3 is 5.11 Å². The first-order chi connectivity index (χ1) is 7.10. The standard InChI is InChI=1S/C11H22O4S/c1-5-7-16(14,15)8-6-9(10(12)13)11(2,3)4/h9H,5-8H2,1-4H3,(H,12,13). The Hall–Kier alpha value is -0.580. The van der Waals surface area contributed by atoms with Crippen LogP contribution >= 0.6 is 0 Å². The van der Waals surface area contributed by atoms with Gasteiger partial charge in [-0.1, -0.05) is 27.7 Å². The Bertz CT molecular complexity index is 324. The third kappa shape index (κ3) is 5.49. The van der Waals surface area contributed by atoms with E-state index in [0.717, 1.165) is 0 Å². The van der Waals surface area contributed by atoms with Gasteiger partial charge in [0.2, 0.25) is 0 Å². The third-order valence-corrected chi connectivity index (χ3v) is 4.46. The Labute approximate surface area is 98.0 Å². The normalized spacial score (nSPS) is 14.8. The Morgan fingerprint density at radius 3 is 2.06 bits per heavy atom. The number of hydrogen-bond acceptors (Lipinski definition) is 3. The predicted molar refractivity (Wildman–Crippen MR) is 64.1 cm³/mol. The summed E-state index contributed by atoms with van der Waals surface area (Å²) in [6, 6.07) is 0. The van der Waals surface area contributed by atoms with Crippen molar-refractivity contribution in [2.24, 2.45) is 11.3 Å². The van der Waals surface area contributed by atoms with Crippen molar-refractivity contribution in [2.45, 2.75) is 40.5 Å². The van der Waals surface area contributed by atoms with Crippen LogP contribution in [0.15, 0.2) is 0 Å². The number of carboxylic acids is 1. The zero-order valence-corrected chi connectivity index (χ0v) is 11.3. The first-order valence-electron chi connectivity index (χ1n) is 5.53. The Balaban J connectivity index is 4.52. The van der Waals surface area contributed by atoms with E-state index in [4.69, 9.17) is 5.11 Å². The van der Waals surface area contributed by atoms with Crippen molar-refractivity contribution in [2.75, 3.05) is 11.5 Å². The lowest BCUT2D eigenvalue weighted by Crippen LogP contribution is -2.30. The van der Waals surface area contributed by atoms with Crippen LogP contribution in [0.2, 0.25) is 0 Å². The molecular weight excluding hydrogens is 228 g/mol. The molecule has 0 saturated carbocycles. The Morgan fingerprint density at radius 2 is 1.75 bits per heavy atom. The molecule has 0 rings (SSSR count). The summed E-state index contributed by atoms with van der Waals surface area (Å²) in [5.41, 5.74) is -0.409. The molecular formula is C11H22O4S. The van der Waals surface area contributed by atoms with Crippen LogP contribution in [0.1, 0.15) is 40.5 Å². The van der Waals surface area contributed by atoms with Gasteiger partial charge in [0.15, 0.2) is 0 Å². The van der Waals surface area contributed by atoms with Crippen LogP contribution in [-0.4, -0.2) is 31.0 Å². The molecule has 96 valence electrons. The van der Waals surface area contributed by atoms with E-state index in [0.29, 0.717) is 6.42 Å². The number of hydrogen-bond donors (Lipinski definition) is 1. The molecule has 0 aliphatic rings. The van der Waals surface area contributed by atoms with Crippen molar-refractivity contribution < 1.29 is 18.3 Å². The average molecular weight is 250 g/mol. The van der Waals surface area contributed by atoms with Gasteiger partial charge in [0.25, 0.3) is 0 Å². The molecule has 0 aromatic heterocycles. The van der Waals surface area contributed by atoms with Gasteiger partial charge in [-0.2, -0.15) is 0 Å². The maximum Gasteiger partial charge on any atom is 0.307 e. The van der Waals surface area contributed by atoms with E-state index in [1.807, 2.05) is 20.8 Å². The minimum absolute atomic E-state index is 0.0327. The molecule has 0 aliphatic carbocycles.